The van der Waals surface area contributed by atoms with Gasteiger partial charge in [0.25, 0.3) is 0 Å². The van der Waals surface area contributed by atoms with Gasteiger partial charge in [0.05, 0.1) is 10.6 Å². The van der Waals surface area contributed by atoms with Crippen molar-refractivity contribution in [1.82, 2.24) is 4.72 Å². The van der Waals surface area contributed by atoms with Gasteiger partial charge in [-0.05, 0) is 48.9 Å². The molecule has 0 unspecified atom stereocenters. The first-order valence-electron chi connectivity index (χ1n) is 8.49. The Bertz CT molecular complexity index is 933. The predicted octanol–water partition coefficient (Wildman–Crippen LogP) is 3.60. The van der Waals surface area contributed by atoms with Gasteiger partial charge < -0.3 is 0 Å². The van der Waals surface area contributed by atoms with Crippen LogP contribution in [0.2, 0.25) is 0 Å². The van der Waals surface area contributed by atoms with Gasteiger partial charge >= 0.3 is 0 Å². The van der Waals surface area contributed by atoms with E-state index in [1.807, 2.05) is 19.9 Å². The minimum absolute atomic E-state index is 0.00415. The van der Waals surface area contributed by atoms with Gasteiger partial charge in [0.1, 0.15) is 5.25 Å². The van der Waals surface area contributed by atoms with Gasteiger partial charge in [-0.25, -0.2) is 21.6 Å². The zero-order valence-electron chi connectivity index (χ0n) is 15.2. The van der Waals surface area contributed by atoms with Crippen LogP contribution in [0.4, 0.5) is 0 Å². The van der Waals surface area contributed by atoms with Crippen LogP contribution in [0.25, 0.3) is 0 Å². The van der Waals surface area contributed by atoms with E-state index in [1.54, 1.807) is 36.6 Å². The normalized spacial score (nSPS) is 13.7. The number of hydrogen-bond acceptors (Lipinski definition) is 5. The average molecular weight is 416 g/mol. The summed E-state index contributed by atoms with van der Waals surface area (Å²) in [5, 5.41) is 0.853. The van der Waals surface area contributed by atoms with Crippen LogP contribution in [0.15, 0.2) is 40.6 Å². The highest BCUT2D eigenvalue weighted by molar-refractivity contribution is 7.92. The number of thiophene rings is 1. The van der Waals surface area contributed by atoms with Gasteiger partial charge in [-0.2, -0.15) is 0 Å². The second kappa shape index (κ2) is 8.65. The maximum Gasteiger partial charge on any atom is 0.211 e. The van der Waals surface area contributed by atoms with Crippen molar-refractivity contribution in [1.29, 1.82) is 0 Å². The van der Waals surface area contributed by atoms with Crippen LogP contribution in [-0.4, -0.2) is 29.1 Å². The van der Waals surface area contributed by atoms with Gasteiger partial charge in [0.15, 0.2) is 9.84 Å². The summed E-state index contributed by atoms with van der Waals surface area (Å²) in [5.74, 6) is 0.00415. The minimum atomic E-state index is -3.74. The lowest BCUT2D eigenvalue weighted by atomic mass is 10.2. The van der Waals surface area contributed by atoms with Crippen LogP contribution in [0.1, 0.15) is 41.0 Å². The molecule has 0 radical (unpaired) electrons. The van der Waals surface area contributed by atoms with E-state index in [0.717, 1.165) is 12.0 Å². The summed E-state index contributed by atoms with van der Waals surface area (Å²) >= 11 is 1.32. The third-order valence-corrected chi connectivity index (χ3v) is 8.93. The first-order valence-corrected chi connectivity index (χ1v) is 12.6. The number of nitrogens with one attached hydrogen (secondary N) is 1. The molecule has 5 nitrogen and oxygen atoms in total. The van der Waals surface area contributed by atoms with E-state index in [-0.39, 0.29) is 17.2 Å². The highest BCUT2D eigenvalue weighted by Crippen LogP contribution is 2.33. The van der Waals surface area contributed by atoms with Crippen LogP contribution in [0.3, 0.4) is 0 Å². The van der Waals surface area contributed by atoms with Gasteiger partial charge in [-0.15, -0.1) is 11.3 Å². The molecule has 26 heavy (non-hydrogen) atoms. The van der Waals surface area contributed by atoms with E-state index in [9.17, 15) is 16.8 Å². The van der Waals surface area contributed by atoms with E-state index in [1.165, 1.54) is 11.3 Å². The molecule has 0 spiro atoms. The Morgan fingerprint density at radius 3 is 2.46 bits per heavy atom. The first-order chi connectivity index (χ1) is 12.2. The van der Waals surface area contributed by atoms with Crippen LogP contribution in [0, 0.1) is 13.8 Å². The summed E-state index contributed by atoms with van der Waals surface area (Å²) in [5.41, 5.74) is 1.51. The Labute approximate surface area is 160 Å². The molecule has 0 saturated heterocycles. The third-order valence-electron chi connectivity index (χ3n) is 4.14. The zero-order chi connectivity index (χ0) is 19.4. The van der Waals surface area contributed by atoms with E-state index < -0.39 is 25.1 Å². The molecular formula is C18H25NO4S3. The summed E-state index contributed by atoms with van der Waals surface area (Å²) in [6, 6.07) is 8.80. The molecule has 1 atom stereocenters. The number of unbranched alkanes of at least 4 members (excludes halogenated alkanes) is 1. The fourth-order valence-corrected chi connectivity index (χ4v) is 7.07. The molecule has 8 heteroatoms. The monoisotopic (exact) mass is 415 g/mol. The SMILES string of the molecule is CCCCS(=O)(=O)NC[C@@H](c1cccs1)S(=O)(=O)c1cc(C)ccc1C. The molecule has 2 aromatic rings. The fourth-order valence-electron chi connectivity index (χ4n) is 2.61. The quantitative estimate of drug-likeness (QED) is 0.678. The highest BCUT2D eigenvalue weighted by Gasteiger charge is 2.32. The third kappa shape index (κ3) is 5.16. The van der Waals surface area contributed by atoms with Gasteiger partial charge in [-0.3, -0.25) is 0 Å². The van der Waals surface area contributed by atoms with Crippen molar-refractivity contribution in [2.24, 2.45) is 0 Å². The van der Waals surface area contributed by atoms with Crippen molar-refractivity contribution in [2.75, 3.05) is 12.3 Å². The van der Waals surface area contributed by atoms with Gasteiger partial charge in [-0.1, -0.05) is 31.5 Å². The lowest BCUT2D eigenvalue weighted by molar-refractivity contribution is 0.567. The topological polar surface area (TPSA) is 80.3 Å². The second-order valence-electron chi connectivity index (χ2n) is 6.34. The molecule has 0 aliphatic heterocycles. The van der Waals surface area contributed by atoms with Crippen LogP contribution in [0.5, 0.6) is 0 Å². The van der Waals surface area contributed by atoms with Crippen LogP contribution >= 0.6 is 11.3 Å². The van der Waals surface area contributed by atoms with E-state index in [0.29, 0.717) is 16.9 Å². The number of benzene rings is 1. The molecule has 0 aliphatic carbocycles. The molecule has 2 rings (SSSR count). The number of rotatable bonds is 9. The van der Waals surface area contributed by atoms with Crippen molar-refractivity contribution in [3.8, 4) is 0 Å². The van der Waals surface area contributed by atoms with Crippen LogP contribution < -0.4 is 4.72 Å². The lowest BCUT2D eigenvalue weighted by Crippen LogP contribution is -2.33. The average Bonchev–Trinajstić information content (AvgIpc) is 3.09. The van der Waals surface area contributed by atoms with Gasteiger partial charge in [0, 0.05) is 11.4 Å². The van der Waals surface area contributed by atoms with Gasteiger partial charge in [0.2, 0.25) is 10.0 Å². The molecule has 0 saturated carbocycles. The summed E-state index contributed by atoms with van der Waals surface area (Å²) in [6.45, 7) is 5.34. The fraction of sp³-hybridized carbons (Fsp3) is 0.444. The van der Waals surface area contributed by atoms with E-state index in [2.05, 4.69) is 4.72 Å². The molecule has 0 fully saturated rings. The van der Waals surface area contributed by atoms with Crippen molar-refractivity contribution in [2.45, 2.75) is 43.8 Å². The molecule has 0 aliphatic rings. The molecule has 0 amide bonds. The van der Waals surface area contributed by atoms with Crippen LogP contribution in [-0.2, 0) is 19.9 Å². The Morgan fingerprint density at radius 2 is 1.85 bits per heavy atom. The van der Waals surface area contributed by atoms with Crippen molar-refractivity contribution < 1.29 is 16.8 Å². The number of aryl methyl sites for hydroxylation is 2. The van der Waals surface area contributed by atoms with Crippen molar-refractivity contribution >= 4 is 31.2 Å². The Morgan fingerprint density at radius 1 is 1.12 bits per heavy atom. The highest BCUT2D eigenvalue weighted by atomic mass is 32.2. The molecular weight excluding hydrogens is 390 g/mol. The van der Waals surface area contributed by atoms with E-state index >= 15 is 0 Å². The molecule has 1 heterocycles. The molecule has 0 bridgehead atoms. The summed E-state index contributed by atoms with van der Waals surface area (Å²) in [4.78, 5) is 0.882. The molecule has 1 aromatic heterocycles. The second-order valence-corrected chi connectivity index (χ2v) is 11.3. The first kappa shape index (κ1) is 21.1. The Balaban J connectivity index is 2.38. The molecule has 1 aromatic carbocycles. The maximum absolute atomic E-state index is 13.3. The summed E-state index contributed by atoms with van der Waals surface area (Å²) in [7, 11) is -7.24. The number of sulfone groups is 1. The largest absolute Gasteiger partial charge is 0.223 e. The smallest absolute Gasteiger partial charge is 0.211 e. The Kier molecular flexibility index (Phi) is 7.01. The maximum atomic E-state index is 13.3. The van der Waals surface area contributed by atoms with Crippen molar-refractivity contribution in [3.05, 3.63) is 51.7 Å². The molecule has 1 N–H and O–H groups in total. The van der Waals surface area contributed by atoms with Crippen molar-refractivity contribution in [3.63, 3.8) is 0 Å². The minimum Gasteiger partial charge on any atom is -0.223 e. The Hall–Kier alpha value is -1.22. The molecule has 144 valence electrons. The predicted molar refractivity (Wildman–Crippen MR) is 107 cm³/mol. The number of hydrogen-bond donors (Lipinski definition) is 1. The summed E-state index contributed by atoms with van der Waals surface area (Å²) < 4.78 is 53.4. The number of sulfonamides is 1. The zero-order valence-corrected chi connectivity index (χ0v) is 17.7. The standard InChI is InChI=1S/C18H25NO4S3/c1-4-5-11-25(20,21)19-13-18(16-7-6-10-24-16)26(22,23)17-12-14(2)8-9-15(17)3/h6-10,12,18-19H,4-5,11,13H2,1-3H3/t18-/m0/s1. The van der Waals surface area contributed by atoms with E-state index in [4.69, 9.17) is 0 Å². The summed E-state index contributed by atoms with van der Waals surface area (Å²) in [6.07, 6.45) is 1.30. The lowest BCUT2D eigenvalue weighted by Gasteiger charge is -2.19.